The minimum Gasteiger partial charge on any atom is -0.478 e. The zero-order chi connectivity index (χ0) is 28.5. The molecule has 224 valence electrons. The van der Waals surface area contributed by atoms with Crippen molar-refractivity contribution in [1.82, 2.24) is 10.0 Å². The lowest BCUT2D eigenvalue weighted by atomic mass is 9.78. The van der Waals surface area contributed by atoms with E-state index >= 15 is 8.78 Å². The van der Waals surface area contributed by atoms with Crippen LogP contribution in [0, 0.1) is 11.9 Å². The predicted octanol–water partition coefficient (Wildman–Crippen LogP) is 7.81. The first-order valence-electron chi connectivity index (χ1n) is 15.0. The number of unbranched alkanes of at least 4 members (excludes halogenated alkanes) is 8. The Hall–Kier alpha value is -2.20. The average molecular weight is 570 g/mol. The van der Waals surface area contributed by atoms with Crippen LogP contribution in [0.5, 0.6) is 5.88 Å². The monoisotopic (exact) mass is 569 g/mol. The Morgan fingerprint density at radius 3 is 2.50 bits per heavy atom. The molecule has 0 aromatic carbocycles. The molecule has 1 aromatic rings. The van der Waals surface area contributed by atoms with Crippen LogP contribution in [0.4, 0.5) is 17.6 Å². The van der Waals surface area contributed by atoms with Crippen molar-refractivity contribution in [2.75, 3.05) is 13.2 Å². The summed E-state index contributed by atoms with van der Waals surface area (Å²) >= 11 is 0. The molecule has 1 aliphatic carbocycles. The number of rotatable bonds is 17. The van der Waals surface area contributed by atoms with Crippen molar-refractivity contribution in [3.05, 3.63) is 35.4 Å². The summed E-state index contributed by atoms with van der Waals surface area (Å²) in [6.45, 7) is 4.84. The first kappa shape index (κ1) is 30.8. The van der Waals surface area contributed by atoms with Gasteiger partial charge in [0, 0.05) is 12.3 Å². The maximum atomic E-state index is 15.6. The number of allylic oxidation sites excluding steroid dienone is 1. The van der Waals surface area contributed by atoms with Gasteiger partial charge in [0.05, 0.1) is 29.9 Å². The highest BCUT2D eigenvalue weighted by atomic mass is 19.3. The third kappa shape index (κ3) is 7.96. The molecule has 0 spiro atoms. The largest absolute Gasteiger partial charge is 0.478 e. The molecule has 3 aliphatic rings. The quantitative estimate of drug-likeness (QED) is 0.0630. The van der Waals surface area contributed by atoms with E-state index in [9.17, 15) is 8.78 Å². The summed E-state index contributed by atoms with van der Waals surface area (Å²) in [5.41, 5.74) is -0.707. The Balaban J connectivity index is 1.28. The number of hydrogen-bond donors (Lipinski definition) is 0. The molecule has 0 radical (unpaired) electrons. The lowest BCUT2D eigenvalue weighted by molar-refractivity contribution is -0.182. The molecule has 10 heteroatoms. The normalized spacial score (nSPS) is 25.1. The van der Waals surface area contributed by atoms with Gasteiger partial charge in [-0.2, -0.15) is 13.8 Å². The fraction of sp³-hybridized carbons (Fsp3) is 0.733. The number of hydrogen-bond acceptors (Lipinski definition) is 6. The number of pyridine rings is 1. The van der Waals surface area contributed by atoms with Gasteiger partial charge in [-0.3, -0.25) is 4.84 Å². The Morgan fingerprint density at radius 1 is 1.02 bits per heavy atom. The molecule has 40 heavy (non-hydrogen) atoms. The van der Waals surface area contributed by atoms with Gasteiger partial charge in [0.1, 0.15) is 12.7 Å². The Kier molecular flexibility index (Phi) is 11.2. The van der Waals surface area contributed by atoms with Crippen molar-refractivity contribution in [2.45, 2.75) is 122 Å². The van der Waals surface area contributed by atoms with Gasteiger partial charge in [-0.05, 0) is 37.3 Å². The summed E-state index contributed by atoms with van der Waals surface area (Å²) in [6, 6.07) is 1.41. The number of alkyl halides is 3. The number of halogens is 4. The Labute approximate surface area is 235 Å². The maximum Gasteiger partial charge on any atom is 0.288 e. The molecular weight excluding hydrogens is 526 g/mol. The molecule has 0 bridgehead atoms. The maximum absolute atomic E-state index is 15.6. The highest BCUT2D eigenvalue weighted by Gasteiger charge is 2.51. The summed E-state index contributed by atoms with van der Waals surface area (Å²) in [5, 5.41) is 0.907. The van der Waals surface area contributed by atoms with Crippen molar-refractivity contribution in [2.24, 2.45) is 10.9 Å². The van der Waals surface area contributed by atoms with Crippen LogP contribution >= 0.6 is 0 Å². The van der Waals surface area contributed by atoms with Crippen LogP contribution in [0.25, 0.3) is 0 Å². The summed E-state index contributed by atoms with van der Waals surface area (Å²) in [4.78, 5) is 13.0. The second-order valence-electron chi connectivity index (χ2n) is 11.0. The number of aromatic nitrogens is 1. The van der Waals surface area contributed by atoms with Gasteiger partial charge in [-0.1, -0.05) is 71.6 Å². The van der Waals surface area contributed by atoms with E-state index in [1.54, 1.807) is 0 Å². The molecule has 1 fully saturated rings. The Morgan fingerprint density at radius 2 is 1.75 bits per heavy atom. The van der Waals surface area contributed by atoms with E-state index < -0.39 is 29.8 Å². The van der Waals surface area contributed by atoms with E-state index in [-0.39, 0.29) is 48.8 Å². The average Bonchev–Trinajstić information content (AvgIpc) is 3.67. The number of nitrogens with zero attached hydrogens (tertiary/aromatic N) is 3. The summed E-state index contributed by atoms with van der Waals surface area (Å²) in [6.07, 6.45) is 12.8. The van der Waals surface area contributed by atoms with Gasteiger partial charge in [0.25, 0.3) is 12.3 Å². The number of fused-ring (bicyclic) bond motifs is 1. The van der Waals surface area contributed by atoms with Crippen molar-refractivity contribution >= 4 is 5.71 Å². The molecule has 0 saturated carbocycles. The van der Waals surface area contributed by atoms with Gasteiger partial charge < -0.3 is 9.47 Å². The molecular formula is C30H43F4N3O3. The zero-order valence-electron chi connectivity index (χ0n) is 23.7. The highest BCUT2D eigenvalue weighted by molar-refractivity contribution is 5.98. The van der Waals surface area contributed by atoms with Gasteiger partial charge in [0.2, 0.25) is 11.8 Å². The number of hydroxylamine groups is 2. The lowest BCUT2D eigenvalue weighted by Gasteiger charge is -2.35. The van der Waals surface area contributed by atoms with E-state index in [2.05, 4.69) is 23.8 Å². The number of ether oxygens (including phenoxy) is 2. The molecule has 3 heterocycles. The highest BCUT2D eigenvalue weighted by Crippen LogP contribution is 2.47. The van der Waals surface area contributed by atoms with E-state index in [0.717, 1.165) is 43.6 Å². The van der Waals surface area contributed by atoms with E-state index in [1.165, 1.54) is 50.4 Å². The first-order valence-corrected chi connectivity index (χ1v) is 15.0. The van der Waals surface area contributed by atoms with Gasteiger partial charge in [-0.15, -0.1) is 0 Å². The second-order valence-corrected chi connectivity index (χ2v) is 11.0. The van der Waals surface area contributed by atoms with Crippen molar-refractivity contribution in [1.29, 1.82) is 0 Å². The smallest absolute Gasteiger partial charge is 0.288 e. The van der Waals surface area contributed by atoms with Crippen LogP contribution in [0.15, 0.2) is 23.3 Å². The fourth-order valence-corrected chi connectivity index (χ4v) is 5.48. The van der Waals surface area contributed by atoms with E-state index in [4.69, 9.17) is 14.3 Å². The fourth-order valence-electron chi connectivity index (χ4n) is 5.48. The van der Waals surface area contributed by atoms with E-state index in [0.29, 0.717) is 6.61 Å². The van der Waals surface area contributed by atoms with Gasteiger partial charge >= 0.3 is 0 Å². The summed E-state index contributed by atoms with van der Waals surface area (Å²) in [7, 11) is 0. The minimum absolute atomic E-state index is 0.00724. The van der Waals surface area contributed by atoms with Gasteiger partial charge in [-0.25, -0.2) is 18.8 Å². The first-order chi connectivity index (χ1) is 19.3. The van der Waals surface area contributed by atoms with Crippen molar-refractivity contribution in [3.63, 3.8) is 0 Å². The minimum atomic E-state index is -3.60. The van der Waals surface area contributed by atoms with Crippen LogP contribution in [-0.4, -0.2) is 47.6 Å². The SMILES string of the molecule is CCCCCCCCOc1cc2c(c(F)n1)C(F)(F)C(C1=NC(F)N(OCC3OC3CCCCCC)C=C1)CC2. The number of aliphatic imine (C=N–C) groups is 1. The van der Waals surface area contributed by atoms with E-state index in [1.807, 2.05) is 0 Å². The van der Waals surface area contributed by atoms with Crippen LogP contribution in [-0.2, 0) is 21.9 Å². The molecule has 0 N–H and O–H groups in total. The second kappa shape index (κ2) is 14.6. The molecule has 4 rings (SSSR count). The molecule has 0 amide bonds. The summed E-state index contributed by atoms with van der Waals surface area (Å²) < 4.78 is 72.0. The van der Waals surface area contributed by atoms with Crippen molar-refractivity contribution in [3.8, 4) is 5.88 Å². The zero-order valence-corrected chi connectivity index (χ0v) is 23.7. The third-order valence-corrected chi connectivity index (χ3v) is 7.89. The van der Waals surface area contributed by atoms with Crippen LogP contribution in [0.1, 0.15) is 102 Å². The Bertz CT molecular complexity index is 1020. The summed E-state index contributed by atoms with van der Waals surface area (Å²) in [5.74, 6) is -6.29. The number of epoxide rings is 1. The van der Waals surface area contributed by atoms with Crippen molar-refractivity contribution < 1.29 is 31.9 Å². The predicted molar refractivity (Wildman–Crippen MR) is 145 cm³/mol. The van der Waals surface area contributed by atoms with Crippen LogP contribution < -0.4 is 4.74 Å². The van der Waals surface area contributed by atoms with Crippen LogP contribution in [0.2, 0.25) is 0 Å². The molecule has 2 aliphatic heterocycles. The molecule has 1 aromatic heterocycles. The number of aryl methyl sites for hydroxylation is 1. The topological polar surface area (TPSA) is 59.5 Å². The van der Waals surface area contributed by atoms with Crippen LogP contribution in [0.3, 0.4) is 0 Å². The van der Waals surface area contributed by atoms with Gasteiger partial charge in [0.15, 0.2) is 0 Å². The lowest BCUT2D eigenvalue weighted by Crippen LogP contribution is -2.40. The molecule has 1 saturated heterocycles. The molecule has 6 nitrogen and oxygen atoms in total. The molecule has 4 atom stereocenters. The standard InChI is InChI=1S/C30H43F4N3O3/c1-3-5-7-9-10-12-18-38-26-19-21-14-15-22(30(33,34)27(21)28(31)36-26)23-16-17-37(29(32)35-23)39-20-25-24(40-25)13-11-8-6-4-2/h16-17,19,22,24-25,29H,3-15,18,20H2,1-2H3. The third-order valence-electron chi connectivity index (χ3n) is 7.89. The molecule has 4 unspecified atom stereocenters.